The number of carbonyl (C=O) groups excluding carboxylic acids is 2. The summed E-state index contributed by atoms with van der Waals surface area (Å²) in [5.74, 6) is -0.0105. The Balaban J connectivity index is 2.61. The minimum Gasteiger partial charge on any atom is -0.484 e. The second-order valence-corrected chi connectivity index (χ2v) is 3.88. The molecule has 0 spiro atoms. The van der Waals surface area contributed by atoms with E-state index in [2.05, 4.69) is 15.4 Å². The second kappa shape index (κ2) is 7.25. The fraction of sp³-hybridized carbons (Fsp3) is 0.385. The van der Waals surface area contributed by atoms with Crippen molar-refractivity contribution in [2.45, 2.75) is 13.0 Å². The number of esters is 1. The molecule has 0 aliphatic rings. The van der Waals surface area contributed by atoms with Gasteiger partial charge in [-0.3, -0.25) is 4.79 Å². The third-order valence-electron chi connectivity index (χ3n) is 2.42. The number of hydrogen-bond donors (Lipinski definition) is 2. The van der Waals surface area contributed by atoms with Gasteiger partial charge >= 0.3 is 5.97 Å². The number of rotatable bonds is 6. The minimum atomic E-state index is -0.459. The van der Waals surface area contributed by atoms with Crippen molar-refractivity contribution in [3.8, 4) is 5.75 Å². The van der Waals surface area contributed by atoms with Crippen LogP contribution in [0.1, 0.15) is 6.92 Å². The summed E-state index contributed by atoms with van der Waals surface area (Å²) in [6, 6.07) is 6.55. The predicted octanol–water partition coefficient (Wildman–Crippen LogP) is 0.785. The molecule has 0 radical (unpaired) electrons. The number of likely N-dealkylation sites (N-methyl/N-ethyl adjacent to an activating group) is 1. The molecule has 19 heavy (non-hydrogen) atoms. The van der Waals surface area contributed by atoms with Crippen LogP contribution in [0.4, 0.5) is 5.69 Å². The largest absolute Gasteiger partial charge is 0.484 e. The molecule has 1 unspecified atom stereocenters. The first-order valence-corrected chi connectivity index (χ1v) is 5.84. The van der Waals surface area contributed by atoms with Crippen LogP contribution in [0.25, 0.3) is 0 Å². The monoisotopic (exact) mass is 266 g/mol. The summed E-state index contributed by atoms with van der Waals surface area (Å²) in [6.45, 7) is 1.65. The van der Waals surface area contributed by atoms with E-state index in [9.17, 15) is 9.59 Å². The summed E-state index contributed by atoms with van der Waals surface area (Å²) in [6.07, 6.45) is 0. The van der Waals surface area contributed by atoms with Crippen LogP contribution in [0.15, 0.2) is 24.3 Å². The van der Waals surface area contributed by atoms with Crippen molar-refractivity contribution >= 4 is 17.6 Å². The van der Waals surface area contributed by atoms with E-state index in [1.165, 1.54) is 7.11 Å². The van der Waals surface area contributed by atoms with Crippen molar-refractivity contribution in [2.75, 3.05) is 26.1 Å². The van der Waals surface area contributed by atoms with Crippen LogP contribution >= 0.6 is 0 Å². The average Bonchev–Trinajstić information content (AvgIpc) is 2.44. The third-order valence-corrected chi connectivity index (χ3v) is 2.42. The molecule has 1 atom stereocenters. The number of ether oxygens (including phenoxy) is 2. The Morgan fingerprint density at radius 2 is 2.11 bits per heavy atom. The molecule has 0 bridgehead atoms. The quantitative estimate of drug-likeness (QED) is 0.744. The third kappa shape index (κ3) is 4.87. The van der Waals surface area contributed by atoms with Gasteiger partial charge in [0.15, 0.2) is 6.61 Å². The van der Waals surface area contributed by atoms with E-state index >= 15 is 0 Å². The number of carbonyl (C=O) groups is 2. The summed E-state index contributed by atoms with van der Waals surface area (Å²) in [5, 5.41) is 5.44. The number of hydrogen-bond acceptors (Lipinski definition) is 5. The lowest BCUT2D eigenvalue weighted by atomic mass is 10.2. The molecule has 1 amide bonds. The Morgan fingerprint density at radius 1 is 1.37 bits per heavy atom. The van der Waals surface area contributed by atoms with Crippen molar-refractivity contribution in [1.82, 2.24) is 5.32 Å². The van der Waals surface area contributed by atoms with Crippen LogP contribution in [0, 0.1) is 0 Å². The molecule has 1 aromatic rings. The molecule has 104 valence electrons. The van der Waals surface area contributed by atoms with Crippen LogP contribution in [-0.2, 0) is 14.3 Å². The average molecular weight is 266 g/mol. The van der Waals surface area contributed by atoms with E-state index in [-0.39, 0.29) is 18.5 Å². The molecule has 0 aliphatic carbocycles. The van der Waals surface area contributed by atoms with Gasteiger partial charge in [0.1, 0.15) is 11.8 Å². The topological polar surface area (TPSA) is 76.7 Å². The molecule has 1 aromatic carbocycles. The fourth-order valence-corrected chi connectivity index (χ4v) is 1.38. The van der Waals surface area contributed by atoms with Gasteiger partial charge in [-0.05, 0) is 19.1 Å². The summed E-state index contributed by atoms with van der Waals surface area (Å²) in [7, 11) is 2.88. The standard InChI is InChI=1S/C13H18N2O4/c1-9(13(17)18-3)15-10-5-4-6-11(7-10)19-8-12(16)14-2/h4-7,9,15H,8H2,1-3H3,(H,14,16). The van der Waals surface area contributed by atoms with Gasteiger partial charge in [-0.2, -0.15) is 0 Å². The van der Waals surface area contributed by atoms with E-state index in [1.807, 2.05) is 0 Å². The van der Waals surface area contributed by atoms with Gasteiger partial charge in [0, 0.05) is 18.8 Å². The van der Waals surface area contributed by atoms with Gasteiger partial charge in [0.25, 0.3) is 5.91 Å². The first-order chi connectivity index (χ1) is 9.06. The zero-order valence-electron chi connectivity index (χ0n) is 11.2. The zero-order chi connectivity index (χ0) is 14.3. The van der Waals surface area contributed by atoms with Gasteiger partial charge in [-0.1, -0.05) is 6.07 Å². The molecule has 1 rings (SSSR count). The van der Waals surface area contributed by atoms with Crippen molar-refractivity contribution in [3.05, 3.63) is 24.3 Å². The molecule has 6 nitrogen and oxygen atoms in total. The molecule has 2 N–H and O–H groups in total. The van der Waals surface area contributed by atoms with Crippen LogP contribution in [0.5, 0.6) is 5.75 Å². The maximum atomic E-state index is 11.3. The van der Waals surface area contributed by atoms with Gasteiger partial charge in [-0.15, -0.1) is 0 Å². The van der Waals surface area contributed by atoms with Gasteiger partial charge < -0.3 is 20.1 Å². The highest BCUT2D eigenvalue weighted by molar-refractivity contribution is 5.79. The Labute approximate surface area is 112 Å². The second-order valence-electron chi connectivity index (χ2n) is 3.88. The van der Waals surface area contributed by atoms with E-state index in [4.69, 9.17) is 4.74 Å². The molecule has 0 saturated heterocycles. The maximum Gasteiger partial charge on any atom is 0.327 e. The van der Waals surface area contributed by atoms with Crippen molar-refractivity contribution in [3.63, 3.8) is 0 Å². The fourth-order valence-electron chi connectivity index (χ4n) is 1.38. The van der Waals surface area contributed by atoms with Gasteiger partial charge in [0.05, 0.1) is 7.11 Å². The molecule has 0 heterocycles. The summed E-state index contributed by atoms with van der Waals surface area (Å²) in [4.78, 5) is 22.3. The molecule has 0 saturated carbocycles. The normalized spacial score (nSPS) is 11.3. The molecule has 6 heteroatoms. The highest BCUT2D eigenvalue weighted by atomic mass is 16.5. The maximum absolute atomic E-state index is 11.3. The number of methoxy groups -OCH3 is 1. The Bertz CT molecular complexity index is 448. The number of benzene rings is 1. The van der Waals surface area contributed by atoms with Crippen LogP contribution < -0.4 is 15.4 Å². The highest BCUT2D eigenvalue weighted by Crippen LogP contribution is 2.18. The van der Waals surface area contributed by atoms with Crippen molar-refractivity contribution in [1.29, 1.82) is 0 Å². The van der Waals surface area contributed by atoms with E-state index in [0.29, 0.717) is 11.4 Å². The van der Waals surface area contributed by atoms with Crippen molar-refractivity contribution in [2.24, 2.45) is 0 Å². The minimum absolute atomic E-state index is 0.0491. The Kier molecular flexibility index (Phi) is 5.66. The predicted molar refractivity (Wildman–Crippen MR) is 71.1 cm³/mol. The molecule has 0 fully saturated rings. The smallest absolute Gasteiger partial charge is 0.327 e. The lowest BCUT2D eigenvalue weighted by molar-refractivity contribution is -0.141. The van der Waals surface area contributed by atoms with Crippen LogP contribution in [-0.4, -0.2) is 38.7 Å². The molecule has 0 aromatic heterocycles. The summed E-state index contributed by atoms with van der Waals surface area (Å²) < 4.78 is 9.92. The van der Waals surface area contributed by atoms with Gasteiger partial charge in [-0.25, -0.2) is 4.79 Å². The lowest BCUT2D eigenvalue weighted by Crippen LogP contribution is -2.27. The number of nitrogens with one attached hydrogen (secondary N) is 2. The Hall–Kier alpha value is -2.24. The first kappa shape index (κ1) is 14.8. The molecular weight excluding hydrogens is 248 g/mol. The SMILES string of the molecule is CNC(=O)COc1cccc(NC(C)C(=O)OC)c1. The van der Waals surface area contributed by atoms with E-state index in [0.717, 1.165) is 0 Å². The highest BCUT2D eigenvalue weighted by Gasteiger charge is 2.12. The zero-order valence-corrected chi connectivity index (χ0v) is 11.2. The summed E-state index contributed by atoms with van der Waals surface area (Å²) in [5.41, 5.74) is 0.715. The van der Waals surface area contributed by atoms with Gasteiger partial charge in [0.2, 0.25) is 0 Å². The van der Waals surface area contributed by atoms with E-state index in [1.54, 1.807) is 38.2 Å². The van der Waals surface area contributed by atoms with Crippen LogP contribution in [0.3, 0.4) is 0 Å². The number of amides is 1. The molecular formula is C13H18N2O4. The van der Waals surface area contributed by atoms with Crippen LogP contribution in [0.2, 0.25) is 0 Å². The lowest BCUT2D eigenvalue weighted by Gasteiger charge is -2.13. The van der Waals surface area contributed by atoms with E-state index < -0.39 is 6.04 Å². The Morgan fingerprint density at radius 3 is 2.74 bits per heavy atom. The summed E-state index contributed by atoms with van der Waals surface area (Å²) >= 11 is 0. The molecule has 0 aliphatic heterocycles. The van der Waals surface area contributed by atoms with Crippen molar-refractivity contribution < 1.29 is 19.1 Å². The number of anilines is 1. The first-order valence-electron chi connectivity index (χ1n) is 5.84.